The smallest absolute Gasteiger partial charge is 0.281 e. The lowest BCUT2D eigenvalue weighted by Crippen LogP contribution is -2.31. The largest absolute Gasteiger partial charge is 0.491 e. The first-order valence-electron chi connectivity index (χ1n) is 12.0. The van der Waals surface area contributed by atoms with E-state index in [0.29, 0.717) is 49.7 Å². The molecule has 0 spiro atoms. The highest BCUT2D eigenvalue weighted by Crippen LogP contribution is 2.36. The molecule has 1 aromatic carbocycles. The van der Waals surface area contributed by atoms with Gasteiger partial charge in [0.15, 0.2) is 5.03 Å². The predicted molar refractivity (Wildman–Crippen MR) is 148 cm³/mol. The molecule has 2 aromatic heterocycles. The number of carbonyl (C=O) groups is 1. The zero-order valence-electron chi connectivity index (χ0n) is 21.5. The number of aliphatic hydroxyl groups excluding tert-OH is 1. The van der Waals surface area contributed by atoms with Crippen molar-refractivity contribution in [1.29, 1.82) is 0 Å². The molecule has 1 atom stereocenters. The summed E-state index contributed by atoms with van der Waals surface area (Å²) in [4.78, 5) is 25.9. The Morgan fingerprint density at radius 1 is 1.24 bits per heavy atom. The number of H-pyrrole nitrogens is 1. The van der Waals surface area contributed by atoms with Crippen LogP contribution in [0.3, 0.4) is 0 Å². The zero-order valence-corrected chi connectivity index (χ0v) is 23.1. The van der Waals surface area contributed by atoms with Crippen molar-refractivity contribution in [2.45, 2.75) is 16.7 Å². The van der Waals surface area contributed by atoms with Gasteiger partial charge in [-0.3, -0.25) is 14.1 Å². The number of carbonyl (C=O) groups excluding carboxylic acids is 1. The average Bonchev–Trinajstić information content (AvgIpc) is 3.55. The molecule has 3 aromatic rings. The molecule has 13 heteroatoms. The first-order chi connectivity index (χ1) is 18.2. The van der Waals surface area contributed by atoms with Crippen LogP contribution >= 0.6 is 11.8 Å². The number of nitrogens with one attached hydrogen (secondary N) is 1. The van der Waals surface area contributed by atoms with Crippen LogP contribution in [-0.2, 0) is 19.6 Å². The lowest BCUT2D eigenvalue weighted by Gasteiger charge is -2.20. The number of aliphatic hydroxyl groups is 1. The van der Waals surface area contributed by atoms with Crippen molar-refractivity contribution in [2.24, 2.45) is 4.99 Å². The Hall–Kier alpha value is -3.13. The van der Waals surface area contributed by atoms with Crippen LogP contribution < -0.4 is 9.04 Å². The summed E-state index contributed by atoms with van der Waals surface area (Å²) in [5, 5.41) is 10.5. The zero-order chi connectivity index (χ0) is 27.3. The number of rotatable bonds is 12. The number of fused-ring (bicyclic) bond motifs is 1. The van der Waals surface area contributed by atoms with Gasteiger partial charge in [-0.1, -0.05) is 17.8 Å². The summed E-state index contributed by atoms with van der Waals surface area (Å²) < 4.78 is 38.8. The summed E-state index contributed by atoms with van der Waals surface area (Å²) in [5.74, 6) is 0.445. The number of pyridine rings is 1. The highest BCUT2D eigenvalue weighted by Gasteiger charge is 2.28. The lowest BCUT2D eigenvalue weighted by molar-refractivity contribution is -0.130. The van der Waals surface area contributed by atoms with E-state index >= 15 is 0 Å². The van der Waals surface area contributed by atoms with Crippen molar-refractivity contribution >= 4 is 49.3 Å². The maximum absolute atomic E-state index is 13.4. The van der Waals surface area contributed by atoms with E-state index < -0.39 is 10.0 Å². The maximum Gasteiger partial charge on any atom is 0.281 e. The van der Waals surface area contributed by atoms with Gasteiger partial charge >= 0.3 is 0 Å². The molecule has 1 unspecified atom stereocenters. The van der Waals surface area contributed by atoms with Crippen molar-refractivity contribution in [3.8, 4) is 5.75 Å². The molecular weight excluding hydrogens is 530 g/mol. The number of ether oxygens (including phenoxy) is 2. The summed E-state index contributed by atoms with van der Waals surface area (Å²) in [5.41, 5.74) is 1.72. The Morgan fingerprint density at radius 2 is 2.05 bits per heavy atom. The quantitative estimate of drug-likeness (QED) is 0.321. The third kappa shape index (κ3) is 6.12. The summed E-state index contributed by atoms with van der Waals surface area (Å²) in [6.45, 7) is 1.38. The van der Waals surface area contributed by atoms with Crippen LogP contribution in [0.25, 0.3) is 10.9 Å². The number of aromatic nitrogens is 2. The molecule has 4 rings (SSSR count). The van der Waals surface area contributed by atoms with Crippen molar-refractivity contribution in [1.82, 2.24) is 14.9 Å². The summed E-state index contributed by atoms with van der Waals surface area (Å²) in [7, 11) is 0.779. The first-order valence-corrected chi connectivity index (χ1v) is 14.3. The number of anilines is 1. The summed E-state index contributed by atoms with van der Waals surface area (Å²) in [6, 6.07) is 10.1. The number of amides is 1. The minimum atomic E-state index is -3.94. The molecule has 0 saturated carbocycles. The van der Waals surface area contributed by atoms with E-state index in [4.69, 9.17) is 14.6 Å². The highest BCUT2D eigenvalue weighted by molar-refractivity contribution is 8.15. The van der Waals surface area contributed by atoms with Crippen LogP contribution in [0.1, 0.15) is 12.1 Å². The molecule has 204 valence electrons. The fourth-order valence-electron chi connectivity index (χ4n) is 3.95. The fraction of sp³-hybridized carbons (Fsp3) is 0.400. The van der Waals surface area contributed by atoms with Gasteiger partial charge in [-0.15, -0.1) is 0 Å². The average molecular weight is 562 g/mol. The van der Waals surface area contributed by atoms with Crippen LogP contribution in [0.15, 0.2) is 52.6 Å². The molecule has 0 bridgehead atoms. The second-order valence-electron chi connectivity index (χ2n) is 8.70. The van der Waals surface area contributed by atoms with Crippen molar-refractivity contribution < 1.29 is 27.8 Å². The van der Waals surface area contributed by atoms with Gasteiger partial charge in [0, 0.05) is 57.1 Å². The van der Waals surface area contributed by atoms with Gasteiger partial charge < -0.3 is 24.5 Å². The van der Waals surface area contributed by atoms with Gasteiger partial charge in [-0.05, 0) is 24.3 Å². The Balaban J connectivity index is 1.64. The van der Waals surface area contributed by atoms with Crippen LogP contribution in [0.2, 0.25) is 0 Å². The Bertz CT molecular complexity index is 1410. The highest BCUT2D eigenvalue weighted by atomic mass is 32.2. The Morgan fingerprint density at radius 3 is 2.76 bits per heavy atom. The van der Waals surface area contributed by atoms with E-state index in [2.05, 4.69) is 15.0 Å². The topological polar surface area (TPSA) is 137 Å². The van der Waals surface area contributed by atoms with Crippen molar-refractivity contribution in [3.05, 3.63) is 48.3 Å². The van der Waals surface area contributed by atoms with Crippen LogP contribution in [-0.4, -0.2) is 98.7 Å². The van der Waals surface area contributed by atoms with E-state index in [1.54, 1.807) is 32.4 Å². The molecule has 0 aliphatic carbocycles. The van der Waals surface area contributed by atoms with Gasteiger partial charge in [0.25, 0.3) is 10.0 Å². The first kappa shape index (κ1) is 27.9. The molecule has 38 heavy (non-hydrogen) atoms. The molecule has 1 amide bonds. The predicted octanol–water partition coefficient (Wildman–Crippen LogP) is 2.12. The Labute approximate surface area is 225 Å². The van der Waals surface area contributed by atoms with E-state index in [1.807, 2.05) is 12.1 Å². The second-order valence-corrected chi connectivity index (χ2v) is 11.9. The van der Waals surface area contributed by atoms with Crippen molar-refractivity contribution in [2.75, 3.05) is 58.4 Å². The minimum Gasteiger partial charge on any atom is -0.491 e. The number of hydrogen-bond donors (Lipinski definition) is 2. The number of hydrogen-bond acceptors (Lipinski definition) is 9. The number of benzene rings is 1. The van der Waals surface area contributed by atoms with Gasteiger partial charge in [0.1, 0.15) is 17.4 Å². The lowest BCUT2D eigenvalue weighted by atomic mass is 10.2. The van der Waals surface area contributed by atoms with Gasteiger partial charge in [0.2, 0.25) is 5.91 Å². The number of aliphatic imine (C=N–C) groups is 1. The summed E-state index contributed by atoms with van der Waals surface area (Å²) in [6.07, 6.45) is 1.74. The number of nitrogens with zero attached hydrogens (tertiary/aromatic N) is 4. The van der Waals surface area contributed by atoms with Crippen molar-refractivity contribution in [3.63, 3.8) is 0 Å². The molecule has 0 fully saturated rings. The van der Waals surface area contributed by atoms with E-state index in [1.165, 1.54) is 40.3 Å². The molecule has 3 heterocycles. The van der Waals surface area contributed by atoms with Gasteiger partial charge in [-0.2, -0.15) is 8.42 Å². The molecule has 2 N–H and O–H groups in total. The second kappa shape index (κ2) is 12.2. The standard InChI is InChI=1S/C25H31N5O6S2/c1-29(8-9-31)23(32)15-19-16-27-25(37-19)20-13-17-12-18(36-11-10-35-3)14-21(24(17)28-20)30(2)38(33,34)22-6-4-5-7-26-22/h4-7,12-14,19,28,31H,8-11,15-16H2,1-3H3. The van der Waals surface area contributed by atoms with Gasteiger partial charge in [-0.25, -0.2) is 4.98 Å². The molecule has 11 nitrogen and oxygen atoms in total. The van der Waals surface area contributed by atoms with E-state index in [0.717, 1.165) is 16.1 Å². The molecule has 0 radical (unpaired) electrons. The number of sulfonamides is 1. The molecular formula is C25H31N5O6S2. The molecule has 1 aliphatic rings. The number of thioether (sulfide) groups is 1. The minimum absolute atomic E-state index is 0.0235. The molecule has 0 saturated heterocycles. The third-order valence-corrected chi connectivity index (χ3v) is 8.96. The monoisotopic (exact) mass is 561 g/mol. The fourth-order valence-corrected chi connectivity index (χ4v) is 6.16. The number of likely N-dealkylation sites (N-methyl/N-ethyl adjacent to an activating group) is 1. The van der Waals surface area contributed by atoms with E-state index in [-0.39, 0.29) is 22.8 Å². The summed E-state index contributed by atoms with van der Waals surface area (Å²) >= 11 is 1.50. The normalized spacial score (nSPS) is 15.5. The van der Waals surface area contributed by atoms with E-state index in [9.17, 15) is 13.2 Å². The number of aromatic amines is 1. The Kier molecular flexibility index (Phi) is 8.92. The third-order valence-electron chi connectivity index (χ3n) is 6.05. The van der Waals surface area contributed by atoms with Gasteiger partial charge in [0.05, 0.1) is 36.7 Å². The maximum atomic E-state index is 13.4. The van der Waals surface area contributed by atoms with Crippen LogP contribution in [0, 0.1) is 0 Å². The van der Waals surface area contributed by atoms with Crippen LogP contribution in [0.5, 0.6) is 5.75 Å². The number of methoxy groups -OCH3 is 1. The molecule has 1 aliphatic heterocycles. The van der Waals surface area contributed by atoms with Crippen LogP contribution in [0.4, 0.5) is 5.69 Å². The SMILES string of the molecule is COCCOc1cc(N(C)S(=O)(=O)c2ccccn2)c2[nH]c(C3=NCC(CC(=O)N(C)CCO)S3)cc2c1.